The molecule has 0 spiro atoms. The molecular formula is C14H18ClNO. The van der Waals surface area contributed by atoms with E-state index in [1.807, 2.05) is 12.1 Å². The average Bonchev–Trinajstić information content (AvgIpc) is 2.36. The maximum Gasteiger partial charge on any atom is 0.138 e. The normalized spacial score (nSPS) is 19.5. The van der Waals surface area contributed by atoms with Gasteiger partial charge in [-0.2, -0.15) is 0 Å². The first-order valence-corrected chi connectivity index (χ1v) is 6.47. The van der Waals surface area contributed by atoms with Gasteiger partial charge < -0.3 is 10.4 Å². The van der Waals surface area contributed by atoms with Gasteiger partial charge >= 0.3 is 0 Å². The number of para-hydroxylation sites is 1. The minimum atomic E-state index is 0.199. The summed E-state index contributed by atoms with van der Waals surface area (Å²) in [6.07, 6.45) is 8.11. The van der Waals surface area contributed by atoms with E-state index in [0.717, 1.165) is 24.4 Å². The molecule has 0 saturated heterocycles. The molecule has 1 aromatic rings. The van der Waals surface area contributed by atoms with Crippen LogP contribution in [-0.4, -0.2) is 11.7 Å². The molecule has 2 N–H and O–H groups in total. The molecule has 1 atom stereocenters. The Morgan fingerprint density at radius 1 is 1.35 bits per heavy atom. The van der Waals surface area contributed by atoms with Crippen LogP contribution in [0.4, 0.5) is 0 Å². The van der Waals surface area contributed by atoms with Crippen molar-refractivity contribution in [3.8, 4) is 5.75 Å². The van der Waals surface area contributed by atoms with Gasteiger partial charge in [-0.25, -0.2) is 0 Å². The number of benzene rings is 1. The maximum atomic E-state index is 9.75. The molecule has 1 aliphatic carbocycles. The van der Waals surface area contributed by atoms with Crippen LogP contribution in [0.1, 0.15) is 24.8 Å². The third-order valence-electron chi connectivity index (χ3n) is 3.20. The maximum absolute atomic E-state index is 9.75. The minimum Gasteiger partial charge on any atom is -0.506 e. The Labute approximate surface area is 107 Å². The summed E-state index contributed by atoms with van der Waals surface area (Å²) >= 11 is 5.85. The monoisotopic (exact) mass is 251 g/mol. The molecule has 1 unspecified atom stereocenters. The van der Waals surface area contributed by atoms with Gasteiger partial charge in [0.05, 0.1) is 5.02 Å². The number of allylic oxidation sites excluding steroid dienone is 2. The second-order valence-electron chi connectivity index (χ2n) is 4.53. The summed E-state index contributed by atoms with van der Waals surface area (Å²) in [6, 6.07) is 5.46. The summed E-state index contributed by atoms with van der Waals surface area (Å²) in [4.78, 5) is 0. The first-order chi connectivity index (χ1) is 8.27. The summed E-state index contributed by atoms with van der Waals surface area (Å²) in [7, 11) is 0. The number of rotatable bonds is 4. The van der Waals surface area contributed by atoms with Gasteiger partial charge in [0, 0.05) is 12.1 Å². The van der Waals surface area contributed by atoms with Crippen LogP contribution in [0.15, 0.2) is 30.4 Å². The molecule has 2 nitrogen and oxygen atoms in total. The van der Waals surface area contributed by atoms with Gasteiger partial charge in [-0.1, -0.05) is 35.9 Å². The Morgan fingerprint density at radius 2 is 2.24 bits per heavy atom. The third kappa shape index (κ3) is 3.48. The van der Waals surface area contributed by atoms with Gasteiger partial charge in [0.2, 0.25) is 0 Å². The number of halogens is 1. The Kier molecular flexibility index (Phi) is 4.46. The molecule has 0 bridgehead atoms. The number of phenolic OH excluding ortho intramolecular Hbond substituents is 1. The zero-order chi connectivity index (χ0) is 12.1. The Bertz CT molecular complexity index is 403. The molecule has 92 valence electrons. The van der Waals surface area contributed by atoms with Crippen molar-refractivity contribution < 1.29 is 5.11 Å². The van der Waals surface area contributed by atoms with Crippen molar-refractivity contribution in [3.05, 3.63) is 40.9 Å². The fraction of sp³-hybridized carbons (Fsp3) is 0.429. The molecule has 0 aromatic heterocycles. The average molecular weight is 252 g/mol. The summed E-state index contributed by atoms with van der Waals surface area (Å²) in [5.74, 6) is 0.923. The highest BCUT2D eigenvalue weighted by atomic mass is 35.5. The fourth-order valence-electron chi connectivity index (χ4n) is 2.16. The molecule has 2 rings (SSSR count). The van der Waals surface area contributed by atoms with Crippen LogP contribution in [0, 0.1) is 5.92 Å². The zero-order valence-corrected chi connectivity index (χ0v) is 10.6. The lowest BCUT2D eigenvalue weighted by Gasteiger charge is -2.18. The molecule has 1 aromatic carbocycles. The lowest BCUT2D eigenvalue weighted by molar-refractivity contribution is 0.431. The van der Waals surface area contributed by atoms with E-state index < -0.39 is 0 Å². The first-order valence-electron chi connectivity index (χ1n) is 6.09. The van der Waals surface area contributed by atoms with E-state index in [-0.39, 0.29) is 5.75 Å². The fourth-order valence-corrected chi connectivity index (χ4v) is 2.35. The zero-order valence-electron chi connectivity index (χ0n) is 9.82. The quantitative estimate of drug-likeness (QED) is 0.803. The number of nitrogens with one attached hydrogen (secondary N) is 1. The lowest BCUT2D eigenvalue weighted by Crippen LogP contribution is -2.23. The van der Waals surface area contributed by atoms with Crippen LogP contribution >= 0.6 is 11.6 Å². The molecule has 0 aliphatic heterocycles. The van der Waals surface area contributed by atoms with E-state index >= 15 is 0 Å². The highest BCUT2D eigenvalue weighted by Gasteiger charge is 2.10. The molecule has 0 radical (unpaired) electrons. The van der Waals surface area contributed by atoms with Gasteiger partial charge in [-0.05, 0) is 37.8 Å². The van der Waals surface area contributed by atoms with Crippen molar-refractivity contribution in [1.82, 2.24) is 5.32 Å². The molecule has 1 aliphatic rings. The van der Waals surface area contributed by atoms with Crippen molar-refractivity contribution in [2.75, 3.05) is 6.54 Å². The number of aromatic hydroxyl groups is 1. The van der Waals surface area contributed by atoms with E-state index in [4.69, 9.17) is 11.6 Å². The van der Waals surface area contributed by atoms with Crippen molar-refractivity contribution >= 4 is 11.6 Å². The lowest BCUT2D eigenvalue weighted by atomic mass is 9.94. The largest absolute Gasteiger partial charge is 0.506 e. The van der Waals surface area contributed by atoms with Crippen LogP contribution in [-0.2, 0) is 6.54 Å². The SMILES string of the molecule is Oc1c(Cl)cccc1CNCC1CC=CCC1. The van der Waals surface area contributed by atoms with Gasteiger partial charge in [0.1, 0.15) is 5.75 Å². The van der Waals surface area contributed by atoms with Crippen molar-refractivity contribution in [2.24, 2.45) is 5.92 Å². The van der Waals surface area contributed by atoms with Crippen molar-refractivity contribution in [1.29, 1.82) is 0 Å². The highest BCUT2D eigenvalue weighted by Crippen LogP contribution is 2.26. The number of hydrogen-bond donors (Lipinski definition) is 2. The van der Waals surface area contributed by atoms with E-state index in [0.29, 0.717) is 11.6 Å². The highest BCUT2D eigenvalue weighted by molar-refractivity contribution is 6.32. The minimum absolute atomic E-state index is 0.199. The predicted molar refractivity (Wildman–Crippen MR) is 71.3 cm³/mol. The molecule has 0 saturated carbocycles. The number of hydrogen-bond acceptors (Lipinski definition) is 2. The molecule has 3 heteroatoms. The van der Waals surface area contributed by atoms with E-state index in [1.54, 1.807) is 6.07 Å². The summed E-state index contributed by atoms with van der Waals surface area (Å²) in [5.41, 5.74) is 0.865. The molecular weight excluding hydrogens is 234 g/mol. The summed E-state index contributed by atoms with van der Waals surface area (Å²) in [6.45, 7) is 1.67. The van der Waals surface area contributed by atoms with Crippen LogP contribution in [0.3, 0.4) is 0 Å². The van der Waals surface area contributed by atoms with E-state index in [2.05, 4.69) is 17.5 Å². The van der Waals surface area contributed by atoms with Crippen LogP contribution in [0.25, 0.3) is 0 Å². The third-order valence-corrected chi connectivity index (χ3v) is 3.50. The Morgan fingerprint density at radius 3 is 3.00 bits per heavy atom. The summed E-state index contributed by atoms with van der Waals surface area (Å²) < 4.78 is 0. The van der Waals surface area contributed by atoms with E-state index in [9.17, 15) is 5.11 Å². The van der Waals surface area contributed by atoms with Gasteiger partial charge in [0.15, 0.2) is 0 Å². The number of phenols is 1. The van der Waals surface area contributed by atoms with Crippen LogP contribution < -0.4 is 5.32 Å². The standard InChI is InChI=1S/C14H18ClNO/c15-13-8-4-7-12(14(13)17)10-16-9-11-5-2-1-3-6-11/h1-2,4,7-8,11,16-17H,3,5-6,9-10H2. The Hall–Kier alpha value is -0.990. The van der Waals surface area contributed by atoms with Gasteiger partial charge in [0.25, 0.3) is 0 Å². The molecule has 0 amide bonds. The molecule has 0 fully saturated rings. The van der Waals surface area contributed by atoms with Gasteiger partial charge in [-0.3, -0.25) is 0 Å². The smallest absolute Gasteiger partial charge is 0.138 e. The van der Waals surface area contributed by atoms with Crippen molar-refractivity contribution in [3.63, 3.8) is 0 Å². The predicted octanol–water partition coefficient (Wildman–Crippen LogP) is 3.49. The van der Waals surface area contributed by atoms with Crippen LogP contribution in [0.5, 0.6) is 5.75 Å². The van der Waals surface area contributed by atoms with Crippen molar-refractivity contribution in [2.45, 2.75) is 25.8 Å². The molecule has 0 heterocycles. The first kappa shape index (κ1) is 12.5. The van der Waals surface area contributed by atoms with Gasteiger partial charge in [-0.15, -0.1) is 0 Å². The summed E-state index contributed by atoms with van der Waals surface area (Å²) in [5, 5.41) is 13.6. The Balaban J connectivity index is 1.81. The second kappa shape index (κ2) is 6.08. The second-order valence-corrected chi connectivity index (χ2v) is 4.94. The molecule has 17 heavy (non-hydrogen) atoms. The van der Waals surface area contributed by atoms with Crippen LogP contribution in [0.2, 0.25) is 5.02 Å². The topological polar surface area (TPSA) is 32.3 Å². The van der Waals surface area contributed by atoms with E-state index in [1.165, 1.54) is 12.8 Å².